The highest BCUT2D eigenvalue weighted by molar-refractivity contribution is 5.51. The number of pyridine rings is 1. The summed E-state index contributed by atoms with van der Waals surface area (Å²) < 4.78 is 0. The van der Waals surface area contributed by atoms with Crippen molar-refractivity contribution in [2.45, 2.75) is 39.8 Å². The highest BCUT2D eigenvalue weighted by atomic mass is 15.1. The van der Waals surface area contributed by atoms with Crippen LogP contribution in [0.2, 0.25) is 0 Å². The van der Waals surface area contributed by atoms with Crippen molar-refractivity contribution in [1.82, 2.24) is 10.3 Å². The molecule has 1 atom stereocenters. The van der Waals surface area contributed by atoms with Crippen LogP contribution in [-0.4, -0.2) is 25.1 Å². The van der Waals surface area contributed by atoms with E-state index in [0.717, 1.165) is 12.5 Å². The summed E-state index contributed by atoms with van der Waals surface area (Å²) in [7, 11) is 4.13. The van der Waals surface area contributed by atoms with Gasteiger partial charge in [-0.05, 0) is 37.9 Å². The molecule has 0 spiro atoms. The number of hydrogen-bond donors (Lipinski definition) is 1. The minimum atomic E-state index is 0.537. The number of rotatable bonds is 6. The molecule has 1 rings (SSSR count). The lowest BCUT2D eigenvalue weighted by Gasteiger charge is -2.29. The summed E-state index contributed by atoms with van der Waals surface area (Å²) in [6, 6.07) is 2.62. The monoisotopic (exact) mass is 235 g/mol. The Kier molecular flexibility index (Phi) is 5.42. The predicted octanol–water partition coefficient (Wildman–Crippen LogP) is 2.67. The maximum atomic E-state index is 4.24. The van der Waals surface area contributed by atoms with Crippen molar-refractivity contribution in [3.05, 3.63) is 24.0 Å². The van der Waals surface area contributed by atoms with Crippen LogP contribution in [0, 0.1) is 5.92 Å². The SMILES string of the molecule is CNCc1ccncc1N(C)C(C)CC(C)C. The largest absolute Gasteiger partial charge is 0.370 e. The van der Waals surface area contributed by atoms with Crippen molar-refractivity contribution in [3.63, 3.8) is 0 Å². The highest BCUT2D eigenvalue weighted by Gasteiger charge is 2.14. The van der Waals surface area contributed by atoms with E-state index < -0.39 is 0 Å². The van der Waals surface area contributed by atoms with E-state index in [4.69, 9.17) is 0 Å². The van der Waals surface area contributed by atoms with E-state index in [2.05, 4.69) is 49.1 Å². The number of aromatic nitrogens is 1. The van der Waals surface area contributed by atoms with Gasteiger partial charge in [0.1, 0.15) is 0 Å². The second kappa shape index (κ2) is 6.60. The molecule has 96 valence electrons. The van der Waals surface area contributed by atoms with Crippen LogP contribution >= 0.6 is 0 Å². The topological polar surface area (TPSA) is 28.2 Å². The second-order valence-electron chi connectivity index (χ2n) is 5.12. The van der Waals surface area contributed by atoms with E-state index in [0.29, 0.717) is 6.04 Å². The standard InChI is InChI=1S/C14H25N3/c1-11(2)8-12(3)17(5)14-10-16-7-6-13(14)9-15-4/h6-7,10-12,15H,8-9H2,1-5H3. The van der Waals surface area contributed by atoms with E-state index in [1.165, 1.54) is 17.7 Å². The minimum absolute atomic E-state index is 0.537. The molecule has 1 heterocycles. The van der Waals surface area contributed by atoms with Gasteiger partial charge in [-0.25, -0.2) is 0 Å². The van der Waals surface area contributed by atoms with Gasteiger partial charge in [0.15, 0.2) is 0 Å². The Balaban J connectivity index is 2.83. The molecule has 1 N–H and O–H groups in total. The van der Waals surface area contributed by atoms with Crippen LogP contribution in [-0.2, 0) is 6.54 Å². The Morgan fingerprint density at radius 3 is 2.65 bits per heavy atom. The lowest BCUT2D eigenvalue weighted by atomic mass is 10.0. The van der Waals surface area contributed by atoms with Gasteiger partial charge in [0.2, 0.25) is 0 Å². The smallest absolute Gasteiger partial charge is 0.0598 e. The van der Waals surface area contributed by atoms with E-state index in [1.54, 1.807) is 0 Å². The van der Waals surface area contributed by atoms with Crippen LogP contribution in [0.5, 0.6) is 0 Å². The maximum absolute atomic E-state index is 4.24. The molecule has 0 fully saturated rings. The summed E-state index contributed by atoms with van der Waals surface area (Å²) in [6.07, 6.45) is 5.02. The fourth-order valence-corrected chi connectivity index (χ4v) is 2.15. The lowest BCUT2D eigenvalue weighted by Crippen LogP contribution is -2.31. The Bertz CT molecular complexity index is 336. The molecule has 0 aromatic carbocycles. The van der Waals surface area contributed by atoms with Crippen molar-refractivity contribution < 1.29 is 0 Å². The van der Waals surface area contributed by atoms with Crippen molar-refractivity contribution >= 4 is 5.69 Å². The molecule has 0 aliphatic heterocycles. The Morgan fingerprint density at radius 1 is 1.35 bits per heavy atom. The molecule has 1 aromatic heterocycles. The molecular weight excluding hydrogens is 210 g/mol. The first-order valence-electron chi connectivity index (χ1n) is 6.36. The number of anilines is 1. The van der Waals surface area contributed by atoms with Crippen LogP contribution in [0.25, 0.3) is 0 Å². The minimum Gasteiger partial charge on any atom is -0.370 e. The van der Waals surface area contributed by atoms with E-state index in [1.807, 2.05) is 19.4 Å². The number of nitrogens with zero attached hydrogens (tertiary/aromatic N) is 2. The average molecular weight is 235 g/mol. The van der Waals surface area contributed by atoms with E-state index >= 15 is 0 Å². The zero-order chi connectivity index (χ0) is 12.8. The molecule has 0 aliphatic rings. The van der Waals surface area contributed by atoms with Gasteiger partial charge in [-0.3, -0.25) is 4.98 Å². The third-order valence-electron chi connectivity index (χ3n) is 3.11. The van der Waals surface area contributed by atoms with E-state index in [-0.39, 0.29) is 0 Å². The van der Waals surface area contributed by atoms with Crippen molar-refractivity contribution in [2.24, 2.45) is 5.92 Å². The summed E-state index contributed by atoms with van der Waals surface area (Å²) in [6.45, 7) is 7.69. The molecule has 0 radical (unpaired) electrons. The molecule has 0 saturated carbocycles. The molecule has 1 aromatic rings. The molecule has 3 nitrogen and oxygen atoms in total. The van der Waals surface area contributed by atoms with Gasteiger partial charge < -0.3 is 10.2 Å². The van der Waals surface area contributed by atoms with Gasteiger partial charge in [0.05, 0.1) is 11.9 Å². The third kappa shape index (κ3) is 4.00. The van der Waals surface area contributed by atoms with Crippen molar-refractivity contribution in [1.29, 1.82) is 0 Å². The quantitative estimate of drug-likeness (QED) is 0.821. The fourth-order valence-electron chi connectivity index (χ4n) is 2.15. The van der Waals surface area contributed by atoms with Gasteiger partial charge in [-0.15, -0.1) is 0 Å². The molecule has 0 amide bonds. The maximum Gasteiger partial charge on any atom is 0.0598 e. The molecule has 17 heavy (non-hydrogen) atoms. The van der Waals surface area contributed by atoms with Gasteiger partial charge in [-0.1, -0.05) is 13.8 Å². The summed E-state index contributed by atoms with van der Waals surface area (Å²) in [5.41, 5.74) is 2.54. The van der Waals surface area contributed by atoms with E-state index in [9.17, 15) is 0 Å². The van der Waals surface area contributed by atoms with Crippen molar-refractivity contribution in [3.8, 4) is 0 Å². The molecule has 0 bridgehead atoms. The predicted molar refractivity (Wildman–Crippen MR) is 74.3 cm³/mol. The summed E-state index contributed by atoms with van der Waals surface area (Å²) in [5.74, 6) is 0.719. The molecule has 3 heteroatoms. The Labute approximate surface area is 105 Å². The Hall–Kier alpha value is -1.09. The van der Waals surface area contributed by atoms with Crippen LogP contribution in [0.1, 0.15) is 32.8 Å². The first kappa shape index (κ1) is 14.0. The first-order valence-corrected chi connectivity index (χ1v) is 6.36. The summed E-state index contributed by atoms with van der Waals surface area (Å²) >= 11 is 0. The number of nitrogens with one attached hydrogen (secondary N) is 1. The zero-order valence-electron chi connectivity index (χ0n) is 11.7. The average Bonchev–Trinajstić information content (AvgIpc) is 2.28. The Morgan fingerprint density at radius 2 is 2.06 bits per heavy atom. The van der Waals surface area contributed by atoms with Crippen LogP contribution < -0.4 is 10.2 Å². The summed E-state index contributed by atoms with van der Waals surface area (Å²) in [4.78, 5) is 6.57. The zero-order valence-corrected chi connectivity index (χ0v) is 11.7. The number of hydrogen-bond acceptors (Lipinski definition) is 3. The van der Waals surface area contributed by atoms with Crippen LogP contribution in [0.15, 0.2) is 18.5 Å². The van der Waals surface area contributed by atoms with Gasteiger partial charge in [0.25, 0.3) is 0 Å². The van der Waals surface area contributed by atoms with Crippen LogP contribution in [0.4, 0.5) is 5.69 Å². The van der Waals surface area contributed by atoms with Crippen LogP contribution in [0.3, 0.4) is 0 Å². The second-order valence-corrected chi connectivity index (χ2v) is 5.12. The summed E-state index contributed by atoms with van der Waals surface area (Å²) in [5, 5.41) is 3.20. The van der Waals surface area contributed by atoms with Gasteiger partial charge >= 0.3 is 0 Å². The molecular formula is C14H25N3. The third-order valence-corrected chi connectivity index (χ3v) is 3.11. The highest BCUT2D eigenvalue weighted by Crippen LogP contribution is 2.22. The lowest BCUT2D eigenvalue weighted by molar-refractivity contribution is 0.503. The first-order chi connectivity index (χ1) is 8.06. The van der Waals surface area contributed by atoms with Gasteiger partial charge in [-0.2, -0.15) is 0 Å². The normalized spacial score (nSPS) is 12.8. The molecule has 0 saturated heterocycles. The molecule has 1 unspecified atom stereocenters. The van der Waals surface area contributed by atoms with Crippen molar-refractivity contribution in [2.75, 3.05) is 19.0 Å². The van der Waals surface area contributed by atoms with Gasteiger partial charge in [0, 0.05) is 25.8 Å². The molecule has 0 aliphatic carbocycles. The fraction of sp³-hybridized carbons (Fsp3) is 0.643.